The minimum atomic E-state index is -5.73. The van der Waals surface area contributed by atoms with Crippen LogP contribution in [0.2, 0.25) is 0 Å². The van der Waals surface area contributed by atoms with Crippen LogP contribution < -0.4 is 11.2 Å². The maximum atomic E-state index is 11.8. The zero-order valence-corrected chi connectivity index (χ0v) is 16.5. The molecule has 0 amide bonds. The molecule has 3 unspecified atom stereocenters. The topological polar surface area (TPSA) is 275 Å². The number of hydrogen-bond donors (Lipinski definition) is 8. The number of rotatable bonds is 8. The smallest absolute Gasteiger partial charge is 0.387 e. The van der Waals surface area contributed by atoms with E-state index < -0.39 is 65.7 Å². The highest BCUT2D eigenvalue weighted by Crippen LogP contribution is 2.66. The molecule has 1 aliphatic rings. The van der Waals surface area contributed by atoms with E-state index in [-0.39, 0.29) is 5.56 Å². The first-order valence-corrected chi connectivity index (χ1v) is 11.7. The van der Waals surface area contributed by atoms with Gasteiger partial charge in [0.2, 0.25) is 0 Å². The molecule has 0 saturated carbocycles. The van der Waals surface area contributed by atoms with E-state index in [1.54, 1.807) is 0 Å². The second-order valence-electron chi connectivity index (χ2n) is 5.49. The molecule has 0 aliphatic carbocycles. The average molecular weight is 484 g/mol. The first kappa shape index (κ1) is 24.2. The Morgan fingerprint density at radius 2 is 1.62 bits per heavy atom. The SMILES string of the molecule is O=c1[nH]cc([C@@H]2O[C@H](COP(=O)(O)OP(=O)(O)OP(=O)(O)O)[C@H](O)C2O)c(=O)[nH]1. The fourth-order valence-electron chi connectivity index (χ4n) is 2.25. The molecule has 6 atom stereocenters. The summed E-state index contributed by atoms with van der Waals surface area (Å²) in [4.78, 5) is 62.0. The van der Waals surface area contributed by atoms with Crippen molar-refractivity contribution in [3.63, 3.8) is 0 Å². The number of aromatic amines is 2. The van der Waals surface area contributed by atoms with Gasteiger partial charge in [-0.3, -0.25) is 14.3 Å². The lowest BCUT2D eigenvalue weighted by molar-refractivity contribution is -0.0227. The number of aliphatic hydroxyl groups is 2. The van der Waals surface area contributed by atoms with Crippen LogP contribution in [0.1, 0.15) is 11.7 Å². The molecule has 1 saturated heterocycles. The van der Waals surface area contributed by atoms with Crippen LogP contribution in [0.5, 0.6) is 0 Å². The third kappa shape index (κ3) is 6.73. The van der Waals surface area contributed by atoms with Crippen LogP contribution in [0.25, 0.3) is 0 Å². The van der Waals surface area contributed by atoms with Crippen molar-refractivity contribution in [1.82, 2.24) is 9.97 Å². The molecule has 20 heteroatoms. The van der Waals surface area contributed by atoms with Crippen molar-refractivity contribution in [2.45, 2.75) is 24.4 Å². The lowest BCUT2D eigenvalue weighted by Gasteiger charge is -2.19. The van der Waals surface area contributed by atoms with Crippen molar-refractivity contribution in [3.8, 4) is 0 Å². The fraction of sp³-hybridized carbons (Fsp3) is 0.556. The Balaban J connectivity index is 2.06. The Morgan fingerprint density at radius 3 is 2.17 bits per heavy atom. The minimum absolute atomic E-state index is 0.294. The van der Waals surface area contributed by atoms with Gasteiger partial charge in [-0.2, -0.15) is 8.62 Å². The molecule has 1 aromatic heterocycles. The van der Waals surface area contributed by atoms with Gasteiger partial charge >= 0.3 is 29.2 Å². The molecule has 17 nitrogen and oxygen atoms in total. The van der Waals surface area contributed by atoms with Crippen molar-refractivity contribution in [2.24, 2.45) is 0 Å². The van der Waals surface area contributed by atoms with E-state index in [2.05, 4.69) is 18.1 Å². The van der Waals surface area contributed by atoms with E-state index in [1.807, 2.05) is 4.98 Å². The monoisotopic (exact) mass is 484 g/mol. The summed E-state index contributed by atoms with van der Waals surface area (Å²) in [5, 5.41) is 19.9. The molecular weight excluding hydrogens is 469 g/mol. The van der Waals surface area contributed by atoms with Gasteiger partial charge < -0.3 is 39.5 Å². The molecule has 29 heavy (non-hydrogen) atoms. The Bertz CT molecular complexity index is 997. The second-order valence-corrected chi connectivity index (χ2v) is 9.91. The standard InChI is InChI=1S/C9H15N2O15P3/c12-5-4(2-23-28(19,20)26-29(21,22)25-27(16,17)18)24-7(6(5)13)3-1-10-9(15)11-8(3)14/h1,4-7,12-13H,2H2,(H,19,20)(H,21,22)(H2,16,17,18)(H2,10,11,14,15)/t4-,5+,6?,7+/m1/s1. The van der Waals surface area contributed by atoms with Gasteiger partial charge in [-0.1, -0.05) is 0 Å². The van der Waals surface area contributed by atoms with E-state index in [0.717, 1.165) is 6.20 Å². The van der Waals surface area contributed by atoms with Crippen molar-refractivity contribution in [2.75, 3.05) is 6.61 Å². The van der Waals surface area contributed by atoms with Crippen molar-refractivity contribution >= 4 is 23.5 Å². The number of aliphatic hydroxyl groups excluding tert-OH is 2. The van der Waals surface area contributed by atoms with E-state index in [0.29, 0.717) is 0 Å². The van der Waals surface area contributed by atoms with Gasteiger partial charge in [0.05, 0.1) is 12.2 Å². The summed E-state index contributed by atoms with van der Waals surface area (Å²) < 4.78 is 49.9. The molecule has 0 aromatic carbocycles. The first-order valence-electron chi connectivity index (χ1n) is 7.22. The lowest BCUT2D eigenvalue weighted by atomic mass is 10.0. The summed E-state index contributed by atoms with van der Waals surface area (Å²) >= 11 is 0. The number of H-pyrrole nitrogens is 2. The number of phosphoric ester groups is 1. The molecule has 0 radical (unpaired) electrons. The van der Waals surface area contributed by atoms with Gasteiger partial charge in [0.1, 0.15) is 24.4 Å². The summed E-state index contributed by atoms with van der Waals surface area (Å²) in [6.07, 6.45) is -5.66. The summed E-state index contributed by atoms with van der Waals surface area (Å²) in [7, 11) is -16.8. The van der Waals surface area contributed by atoms with E-state index >= 15 is 0 Å². The number of nitrogens with one attached hydrogen (secondary N) is 2. The largest absolute Gasteiger partial charge is 0.490 e. The quantitative estimate of drug-likeness (QED) is 0.178. The van der Waals surface area contributed by atoms with Gasteiger partial charge in [0.25, 0.3) is 5.56 Å². The van der Waals surface area contributed by atoms with Crippen molar-refractivity contribution in [1.29, 1.82) is 0 Å². The predicted molar refractivity (Wildman–Crippen MR) is 87.1 cm³/mol. The summed E-state index contributed by atoms with van der Waals surface area (Å²) in [5.74, 6) is 0. The van der Waals surface area contributed by atoms with Crippen LogP contribution in [-0.4, -0.2) is 64.7 Å². The third-order valence-electron chi connectivity index (χ3n) is 3.33. The Kier molecular flexibility index (Phi) is 7.20. The van der Waals surface area contributed by atoms with E-state index in [1.165, 1.54) is 0 Å². The molecule has 2 rings (SSSR count). The van der Waals surface area contributed by atoms with Gasteiger partial charge in [-0.05, 0) is 0 Å². The first-order chi connectivity index (χ1) is 13.1. The number of phosphoric acid groups is 3. The zero-order valence-electron chi connectivity index (χ0n) is 13.8. The Morgan fingerprint density at radius 1 is 1.00 bits per heavy atom. The normalized spacial score (nSPS) is 29.3. The summed E-state index contributed by atoms with van der Waals surface area (Å²) in [6.45, 7) is -1.04. The van der Waals surface area contributed by atoms with Gasteiger partial charge in [-0.25, -0.2) is 18.5 Å². The highest BCUT2D eigenvalue weighted by atomic mass is 31.3. The van der Waals surface area contributed by atoms with Crippen LogP contribution in [-0.2, 0) is 31.6 Å². The molecule has 0 bridgehead atoms. The number of hydrogen-bond acceptors (Lipinski definition) is 11. The number of ether oxygens (including phenoxy) is 1. The summed E-state index contributed by atoms with van der Waals surface area (Å²) in [5.41, 5.74) is -2.09. The fourth-order valence-corrected chi connectivity index (χ4v) is 5.28. The highest BCUT2D eigenvalue weighted by molar-refractivity contribution is 7.66. The van der Waals surface area contributed by atoms with Crippen molar-refractivity contribution in [3.05, 3.63) is 32.6 Å². The summed E-state index contributed by atoms with van der Waals surface area (Å²) in [6, 6.07) is 0. The maximum Gasteiger partial charge on any atom is 0.490 e. The van der Waals surface area contributed by atoms with E-state index in [4.69, 9.17) is 19.4 Å². The number of aromatic nitrogens is 2. The Labute approximate surface area is 159 Å². The lowest BCUT2D eigenvalue weighted by Crippen LogP contribution is -2.34. The molecule has 2 heterocycles. The van der Waals surface area contributed by atoms with Crippen LogP contribution in [0.15, 0.2) is 15.8 Å². The highest BCUT2D eigenvalue weighted by Gasteiger charge is 2.47. The van der Waals surface area contributed by atoms with Gasteiger partial charge in [0, 0.05) is 6.20 Å². The molecule has 1 aliphatic heterocycles. The Hall–Kier alpha value is -1.03. The van der Waals surface area contributed by atoms with Crippen LogP contribution in [0.4, 0.5) is 0 Å². The maximum absolute atomic E-state index is 11.8. The molecular formula is C9H15N2O15P3. The van der Waals surface area contributed by atoms with E-state index in [9.17, 15) is 38.4 Å². The molecule has 166 valence electrons. The zero-order chi connectivity index (χ0) is 22.2. The third-order valence-corrected chi connectivity index (χ3v) is 7.14. The second kappa shape index (κ2) is 8.61. The molecule has 1 fully saturated rings. The van der Waals surface area contributed by atoms with Gasteiger partial charge in [-0.15, -0.1) is 0 Å². The predicted octanol–water partition coefficient (Wildman–Crippen LogP) is -2.43. The van der Waals surface area contributed by atoms with Crippen molar-refractivity contribution < 1.29 is 61.4 Å². The van der Waals surface area contributed by atoms with Crippen LogP contribution in [0, 0.1) is 0 Å². The van der Waals surface area contributed by atoms with Crippen LogP contribution in [0.3, 0.4) is 0 Å². The average Bonchev–Trinajstić information content (AvgIpc) is 2.78. The minimum Gasteiger partial charge on any atom is -0.387 e. The molecule has 0 spiro atoms. The van der Waals surface area contributed by atoms with Crippen LogP contribution >= 0.6 is 23.5 Å². The molecule has 1 aromatic rings. The van der Waals surface area contributed by atoms with Gasteiger partial charge in [0.15, 0.2) is 0 Å². The molecule has 8 N–H and O–H groups in total.